The van der Waals surface area contributed by atoms with Gasteiger partial charge in [-0.3, -0.25) is 9.59 Å². The topological polar surface area (TPSA) is 49.4 Å². The summed E-state index contributed by atoms with van der Waals surface area (Å²) in [7, 11) is 1.52. The van der Waals surface area contributed by atoms with Gasteiger partial charge in [0.25, 0.3) is 5.91 Å². The predicted molar refractivity (Wildman–Crippen MR) is 79.9 cm³/mol. The number of hydrogen-bond acceptors (Lipinski definition) is 2. The summed E-state index contributed by atoms with van der Waals surface area (Å²) in [6.45, 7) is 1.41. The predicted octanol–water partition coefficient (Wildman–Crippen LogP) is 3.06. The molecule has 0 aliphatic carbocycles. The third kappa shape index (κ3) is 3.45. The molecule has 0 unspecified atom stereocenters. The molecule has 0 bridgehead atoms. The lowest BCUT2D eigenvalue weighted by Gasteiger charge is -2.18. The van der Waals surface area contributed by atoms with E-state index in [9.17, 15) is 14.0 Å². The molecule has 2 amide bonds. The van der Waals surface area contributed by atoms with Crippen LogP contribution >= 0.6 is 0 Å². The van der Waals surface area contributed by atoms with Gasteiger partial charge in [0.1, 0.15) is 5.82 Å². The van der Waals surface area contributed by atoms with Crippen LogP contribution in [0, 0.1) is 5.82 Å². The van der Waals surface area contributed by atoms with Gasteiger partial charge in [0, 0.05) is 25.2 Å². The Balaban J connectivity index is 2.20. The standard InChI is InChI=1S/C16H15FN2O2/c1-11(20)18-13-9-7-12(8-10-13)16(21)19(2)15-6-4-3-5-14(15)17/h3-10H,1-2H3,(H,18,20). The van der Waals surface area contributed by atoms with Crippen LogP contribution in [0.5, 0.6) is 0 Å². The van der Waals surface area contributed by atoms with Crippen molar-refractivity contribution in [2.45, 2.75) is 6.92 Å². The van der Waals surface area contributed by atoms with E-state index in [1.54, 1.807) is 42.5 Å². The van der Waals surface area contributed by atoms with Gasteiger partial charge in [-0.05, 0) is 36.4 Å². The first kappa shape index (κ1) is 14.7. The highest BCUT2D eigenvalue weighted by atomic mass is 19.1. The Morgan fingerprint density at radius 3 is 2.24 bits per heavy atom. The van der Waals surface area contributed by atoms with E-state index in [4.69, 9.17) is 0 Å². The molecular formula is C16H15FN2O2. The molecule has 108 valence electrons. The van der Waals surface area contributed by atoms with Gasteiger partial charge in [-0.15, -0.1) is 0 Å². The lowest BCUT2D eigenvalue weighted by atomic mass is 10.1. The van der Waals surface area contributed by atoms with Gasteiger partial charge >= 0.3 is 0 Å². The molecule has 2 rings (SSSR count). The molecule has 5 heteroatoms. The maximum Gasteiger partial charge on any atom is 0.258 e. The van der Waals surface area contributed by atoms with Gasteiger partial charge in [-0.25, -0.2) is 4.39 Å². The third-order valence-electron chi connectivity index (χ3n) is 2.97. The van der Waals surface area contributed by atoms with Gasteiger partial charge < -0.3 is 10.2 Å². The Labute approximate surface area is 122 Å². The lowest BCUT2D eigenvalue weighted by molar-refractivity contribution is -0.114. The largest absolute Gasteiger partial charge is 0.326 e. The molecule has 21 heavy (non-hydrogen) atoms. The van der Waals surface area contributed by atoms with Crippen LogP contribution in [0.3, 0.4) is 0 Å². The van der Waals surface area contributed by atoms with E-state index < -0.39 is 5.82 Å². The van der Waals surface area contributed by atoms with E-state index in [2.05, 4.69) is 5.32 Å². The Bertz CT molecular complexity index is 668. The number of amides is 2. The number of para-hydroxylation sites is 1. The fourth-order valence-electron chi connectivity index (χ4n) is 1.93. The van der Waals surface area contributed by atoms with Gasteiger partial charge in [-0.1, -0.05) is 12.1 Å². The Morgan fingerprint density at radius 1 is 1.05 bits per heavy atom. The zero-order valence-electron chi connectivity index (χ0n) is 11.8. The molecule has 2 aromatic rings. The van der Waals surface area contributed by atoms with E-state index in [1.807, 2.05) is 0 Å². The lowest BCUT2D eigenvalue weighted by Crippen LogP contribution is -2.27. The van der Waals surface area contributed by atoms with Crippen molar-refractivity contribution < 1.29 is 14.0 Å². The van der Waals surface area contributed by atoms with Gasteiger partial charge in [0.2, 0.25) is 5.91 Å². The molecule has 0 saturated heterocycles. The quantitative estimate of drug-likeness (QED) is 0.942. The molecule has 0 atom stereocenters. The van der Waals surface area contributed by atoms with E-state index in [0.29, 0.717) is 11.3 Å². The molecule has 0 fully saturated rings. The summed E-state index contributed by atoms with van der Waals surface area (Å²) in [4.78, 5) is 24.5. The second-order valence-corrected chi connectivity index (χ2v) is 4.57. The first-order chi connectivity index (χ1) is 9.99. The normalized spacial score (nSPS) is 10.0. The third-order valence-corrected chi connectivity index (χ3v) is 2.97. The number of halogens is 1. The molecular weight excluding hydrogens is 271 g/mol. The molecule has 0 aliphatic heterocycles. The maximum absolute atomic E-state index is 13.7. The first-order valence-electron chi connectivity index (χ1n) is 6.39. The number of hydrogen-bond donors (Lipinski definition) is 1. The van der Waals surface area contributed by atoms with E-state index in [0.717, 1.165) is 0 Å². The summed E-state index contributed by atoms with van der Waals surface area (Å²) in [5, 5.41) is 2.62. The molecule has 0 aliphatic rings. The van der Waals surface area contributed by atoms with Crippen LogP contribution in [-0.2, 0) is 4.79 Å². The minimum absolute atomic E-state index is 0.183. The van der Waals surface area contributed by atoms with Crippen LogP contribution in [0.4, 0.5) is 15.8 Å². The van der Waals surface area contributed by atoms with Crippen LogP contribution in [0.15, 0.2) is 48.5 Å². The number of benzene rings is 2. The smallest absolute Gasteiger partial charge is 0.258 e. The van der Waals surface area contributed by atoms with Crippen molar-refractivity contribution in [3.8, 4) is 0 Å². The van der Waals surface area contributed by atoms with Crippen molar-refractivity contribution in [3.05, 3.63) is 59.9 Å². The number of carbonyl (C=O) groups excluding carboxylic acids is 2. The van der Waals surface area contributed by atoms with E-state index in [1.165, 1.54) is 24.9 Å². The van der Waals surface area contributed by atoms with Crippen molar-refractivity contribution in [2.24, 2.45) is 0 Å². The summed E-state index contributed by atoms with van der Waals surface area (Å²) in [5.74, 6) is -0.963. The average molecular weight is 286 g/mol. The van der Waals surface area contributed by atoms with Crippen LogP contribution in [0.1, 0.15) is 17.3 Å². The first-order valence-corrected chi connectivity index (χ1v) is 6.39. The monoisotopic (exact) mass is 286 g/mol. The van der Waals surface area contributed by atoms with Crippen molar-refractivity contribution in [2.75, 3.05) is 17.3 Å². The molecule has 0 saturated carbocycles. The minimum atomic E-state index is -0.455. The zero-order chi connectivity index (χ0) is 15.4. The Kier molecular flexibility index (Phi) is 4.33. The van der Waals surface area contributed by atoms with Gasteiger partial charge in [0.15, 0.2) is 0 Å². The zero-order valence-corrected chi connectivity index (χ0v) is 11.8. The van der Waals surface area contributed by atoms with Crippen LogP contribution < -0.4 is 10.2 Å². The van der Waals surface area contributed by atoms with Crippen LogP contribution in [0.25, 0.3) is 0 Å². The Hall–Kier alpha value is -2.69. The summed E-state index contributed by atoms with van der Waals surface area (Å²) in [6.07, 6.45) is 0. The van der Waals surface area contributed by atoms with Crippen molar-refractivity contribution in [1.29, 1.82) is 0 Å². The van der Waals surface area contributed by atoms with Crippen molar-refractivity contribution in [3.63, 3.8) is 0 Å². The molecule has 0 aromatic heterocycles. The SMILES string of the molecule is CC(=O)Nc1ccc(C(=O)N(C)c2ccccc2F)cc1. The fraction of sp³-hybridized carbons (Fsp3) is 0.125. The van der Waals surface area contributed by atoms with Crippen LogP contribution in [0.2, 0.25) is 0 Å². The Morgan fingerprint density at radius 2 is 1.67 bits per heavy atom. The number of anilines is 2. The van der Waals surface area contributed by atoms with Gasteiger partial charge in [0.05, 0.1) is 5.69 Å². The molecule has 2 aromatic carbocycles. The highest BCUT2D eigenvalue weighted by molar-refractivity contribution is 6.06. The maximum atomic E-state index is 13.7. The average Bonchev–Trinajstić information content (AvgIpc) is 2.46. The van der Waals surface area contributed by atoms with E-state index >= 15 is 0 Å². The number of nitrogens with one attached hydrogen (secondary N) is 1. The molecule has 0 spiro atoms. The molecule has 0 heterocycles. The van der Waals surface area contributed by atoms with Crippen molar-refractivity contribution in [1.82, 2.24) is 0 Å². The van der Waals surface area contributed by atoms with Crippen molar-refractivity contribution >= 4 is 23.2 Å². The molecule has 0 radical (unpaired) electrons. The summed E-state index contributed by atoms with van der Waals surface area (Å²) in [6, 6.07) is 12.5. The molecule has 1 N–H and O–H groups in total. The fourth-order valence-corrected chi connectivity index (χ4v) is 1.93. The highest BCUT2D eigenvalue weighted by Gasteiger charge is 2.16. The second-order valence-electron chi connectivity index (χ2n) is 4.57. The minimum Gasteiger partial charge on any atom is -0.326 e. The second kappa shape index (κ2) is 6.17. The van der Waals surface area contributed by atoms with E-state index in [-0.39, 0.29) is 17.5 Å². The summed E-state index contributed by atoms with van der Waals surface area (Å²) < 4.78 is 13.7. The summed E-state index contributed by atoms with van der Waals surface area (Å²) in [5.41, 5.74) is 1.23. The number of rotatable bonds is 3. The summed E-state index contributed by atoms with van der Waals surface area (Å²) >= 11 is 0. The number of nitrogens with zero attached hydrogens (tertiary/aromatic N) is 1. The number of carbonyl (C=O) groups is 2. The van der Waals surface area contributed by atoms with Crippen LogP contribution in [-0.4, -0.2) is 18.9 Å². The highest BCUT2D eigenvalue weighted by Crippen LogP contribution is 2.20. The molecule has 4 nitrogen and oxygen atoms in total. The van der Waals surface area contributed by atoms with Gasteiger partial charge in [-0.2, -0.15) is 0 Å².